The van der Waals surface area contributed by atoms with Gasteiger partial charge in [-0.15, -0.1) is 0 Å². The van der Waals surface area contributed by atoms with Crippen molar-refractivity contribution in [2.24, 2.45) is 0 Å². The van der Waals surface area contributed by atoms with Crippen molar-refractivity contribution in [3.05, 3.63) is 24.5 Å². The molecule has 1 saturated heterocycles. The molecule has 0 spiro atoms. The minimum Gasteiger partial charge on any atom is -0.472 e. The van der Waals surface area contributed by atoms with Gasteiger partial charge in [0.15, 0.2) is 0 Å². The maximum Gasteiger partial charge on any atom is 0.241 e. The first-order valence-corrected chi connectivity index (χ1v) is 5.57. The van der Waals surface area contributed by atoms with Crippen LogP contribution in [0.2, 0.25) is 0 Å². The highest BCUT2D eigenvalue weighted by molar-refractivity contribution is 5.51. The van der Waals surface area contributed by atoms with E-state index in [2.05, 4.69) is 15.0 Å². The molecule has 1 aliphatic heterocycles. The van der Waals surface area contributed by atoms with E-state index >= 15 is 0 Å². The average molecular weight is 235 g/mol. The van der Waals surface area contributed by atoms with E-state index < -0.39 is 0 Å². The summed E-state index contributed by atoms with van der Waals surface area (Å²) in [5.41, 5.74) is 0.807. The topological polar surface area (TPSA) is 75.5 Å². The van der Waals surface area contributed by atoms with Crippen molar-refractivity contribution < 1.29 is 14.0 Å². The highest BCUT2D eigenvalue weighted by Gasteiger charge is 2.22. The monoisotopic (exact) mass is 235 g/mol. The molecule has 6 heteroatoms. The lowest BCUT2D eigenvalue weighted by atomic mass is 10.3. The Morgan fingerprint density at radius 3 is 3.18 bits per heavy atom. The molecule has 3 rings (SSSR count). The Morgan fingerprint density at radius 1 is 1.53 bits per heavy atom. The maximum absolute atomic E-state index is 9.41. The Morgan fingerprint density at radius 2 is 2.47 bits per heavy atom. The van der Waals surface area contributed by atoms with E-state index in [0.717, 1.165) is 18.5 Å². The van der Waals surface area contributed by atoms with Crippen molar-refractivity contribution in [1.82, 2.24) is 15.0 Å². The molecule has 1 fully saturated rings. The van der Waals surface area contributed by atoms with E-state index in [1.54, 1.807) is 18.6 Å². The molecule has 0 saturated carbocycles. The quantitative estimate of drug-likeness (QED) is 0.851. The molecule has 6 nitrogen and oxygen atoms in total. The van der Waals surface area contributed by atoms with Crippen molar-refractivity contribution in [3.63, 3.8) is 0 Å². The predicted molar refractivity (Wildman–Crippen MR) is 57.9 cm³/mol. The number of nitrogens with zero attached hydrogens (tertiary/aromatic N) is 3. The van der Waals surface area contributed by atoms with Gasteiger partial charge in [0.25, 0.3) is 0 Å². The number of likely N-dealkylation sites (tertiary alicyclic amines) is 1. The van der Waals surface area contributed by atoms with Gasteiger partial charge < -0.3 is 14.0 Å². The van der Waals surface area contributed by atoms with Gasteiger partial charge in [-0.05, 0) is 12.5 Å². The number of β-amino-alcohol motifs (C(OH)–C–C–N with tert-alkyl or cyclic N) is 1. The van der Waals surface area contributed by atoms with E-state index in [0.29, 0.717) is 24.8 Å². The third-order valence-electron chi connectivity index (χ3n) is 2.85. The van der Waals surface area contributed by atoms with E-state index in [-0.39, 0.29) is 6.10 Å². The van der Waals surface area contributed by atoms with Gasteiger partial charge in [0.2, 0.25) is 11.7 Å². The molecule has 0 bridgehead atoms. The maximum atomic E-state index is 9.41. The van der Waals surface area contributed by atoms with Crippen molar-refractivity contribution in [2.75, 3.05) is 13.1 Å². The zero-order chi connectivity index (χ0) is 11.7. The molecule has 1 aliphatic rings. The molecule has 90 valence electrons. The van der Waals surface area contributed by atoms with Crippen molar-refractivity contribution in [2.45, 2.75) is 19.1 Å². The standard InChI is InChI=1S/C11H13N3O3/c15-9-1-3-14(5-9)6-10-12-11(13-17-10)8-2-4-16-7-8/h2,4,7,9,15H,1,3,5-6H2/t9-/m0/s1. The van der Waals surface area contributed by atoms with Gasteiger partial charge in [-0.25, -0.2) is 0 Å². The molecular weight excluding hydrogens is 222 g/mol. The van der Waals surface area contributed by atoms with Crippen molar-refractivity contribution in [1.29, 1.82) is 0 Å². The number of furan rings is 1. The van der Waals surface area contributed by atoms with Crippen LogP contribution < -0.4 is 0 Å². The highest BCUT2D eigenvalue weighted by atomic mass is 16.5. The summed E-state index contributed by atoms with van der Waals surface area (Å²) in [6.07, 6.45) is 3.73. The first-order chi connectivity index (χ1) is 8.31. The van der Waals surface area contributed by atoms with Gasteiger partial charge >= 0.3 is 0 Å². The molecule has 1 atom stereocenters. The number of aliphatic hydroxyl groups excluding tert-OH is 1. The third-order valence-corrected chi connectivity index (χ3v) is 2.85. The Kier molecular flexibility index (Phi) is 2.66. The summed E-state index contributed by atoms with van der Waals surface area (Å²) in [7, 11) is 0. The number of hydrogen-bond donors (Lipinski definition) is 1. The fourth-order valence-electron chi connectivity index (χ4n) is 1.98. The van der Waals surface area contributed by atoms with Crippen molar-refractivity contribution in [3.8, 4) is 11.4 Å². The van der Waals surface area contributed by atoms with E-state index in [1.165, 1.54) is 0 Å². The van der Waals surface area contributed by atoms with Crippen LogP contribution >= 0.6 is 0 Å². The fourth-order valence-corrected chi connectivity index (χ4v) is 1.98. The van der Waals surface area contributed by atoms with Gasteiger partial charge in [0, 0.05) is 13.1 Å². The van der Waals surface area contributed by atoms with Gasteiger partial charge in [0.05, 0.1) is 24.5 Å². The van der Waals surface area contributed by atoms with Crippen LogP contribution in [0.5, 0.6) is 0 Å². The van der Waals surface area contributed by atoms with Gasteiger partial charge in [0.1, 0.15) is 6.26 Å². The molecule has 0 amide bonds. The predicted octanol–water partition coefficient (Wildman–Crippen LogP) is 0.896. The second-order valence-corrected chi connectivity index (χ2v) is 4.20. The molecule has 0 aliphatic carbocycles. The van der Waals surface area contributed by atoms with Crippen molar-refractivity contribution >= 4 is 0 Å². The number of rotatable bonds is 3. The number of aromatic nitrogens is 2. The van der Waals surface area contributed by atoms with Crippen LogP contribution in [-0.2, 0) is 6.54 Å². The van der Waals surface area contributed by atoms with E-state index in [9.17, 15) is 5.11 Å². The molecule has 3 heterocycles. The first-order valence-electron chi connectivity index (χ1n) is 5.57. The molecule has 0 unspecified atom stereocenters. The van der Waals surface area contributed by atoms with E-state index in [4.69, 9.17) is 8.94 Å². The van der Waals surface area contributed by atoms with Crippen LogP contribution in [-0.4, -0.2) is 39.3 Å². The molecule has 1 N–H and O–H groups in total. The largest absolute Gasteiger partial charge is 0.472 e. The molecule has 0 radical (unpaired) electrons. The van der Waals surface area contributed by atoms with Gasteiger partial charge in [-0.3, -0.25) is 4.90 Å². The van der Waals surface area contributed by atoms with Crippen LogP contribution in [0.4, 0.5) is 0 Å². The molecule has 17 heavy (non-hydrogen) atoms. The summed E-state index contributed by atoms with van der Waals surface area (Å²) >= 11 is 0. The minimum atomic E-state index is -0.230. The lowest BCUT2D eigenvalue weighted by Gasteiger charge is -2.10. The zero-order valence-corrected chi connectivity index (χ0v) is 9.24. The summed E-state index contributed by atoms with van der Waals surface area (Å²) in [6.45, 7) is 2.12. The summed E-state index contributed by atoms with van der Waals surface area (Å²) < 4.78 is 10.1. The second-order valence-electron chi connectivity index (χ2n) is 4.20. The Bertz CT molecular complexity index is 480. The lowest BCUT2D eigenvalue weighted by molar-refractivity contribution is 0.169. The van der Waals surface area contributed by atoms with Crippen LogP contribution in [0.3, 0.4) is 0 Å². The Balaban J connectivity index is 1.69. The third kappa shape index (κ3) is 2.22. The second kappa shape index (κ2) is 4.31. The molecule has 2 aromatic rings. The normalized spacial score (nSPS) is 21.1. The van der Waals surface area contributed by atoms with Crippen LogP contribution in [0, 0.1) is 0 Å². The smallest absolute Gasteiger partial charge is 0.241 e. The number of hydrogen-bond acceptors (Lipinski definition) is 6. The van der Waals surface area contributed by atoms with Crippen LogP contribution in [0.1, 0.15) is 12.3 Å². The fraction of sp³-hybridized carbons (Fsp3) is 0.455. The molecular formula is C11H13N3O3. The molecule has 2 aromatic heterocycles. The summed E-state index contributed by atoms with van der Waals surface area (Å²) in [5, 5.41) is 13.3. The first kappa shape index (κ1) is 10.5. The average Bonchev–Trinajstić information content (AvgIpc) is 3.00. The SMILES string of the molecule is O[C@H]1CCN(Cc2nc(-c3ccoc3)no2)C1. The Hall–Kier alpha value is -1.66. The minimum absolute atomic E-state index is 0.230. The van der Waals surface area contributed by atoms with E-state index in [1.807, 2.05) is 0 Å². The molecule has 0 aromatic carbocycles. The van der Waals surface area contributed by atoms with Crippen LogP contribution in [0.25, 0.3) is 11.4 Å². The van der Waals surface area contributed by atoms with Gasteiger partial charge in [-0.1, -0.05) is 5.16 Å². The van der Waals surface area contributed by atoms with Crippen LogP contribution in [0.15, 0.2) is 27.5 Å². The summed E-state index contributed by atoms with van der Waals surface area (Å²) in [4.78, 5) is 6.37. The highest BCUT2D eigenvalue weighted by Crippen LogP contribution is 2.17. The summed E-state index contributed by atoms with van der Waals surface area (Å²) in [5.74, 6) is 1.10. The number of aliphatic hydroxyl groups is 1. The zero-order valence-electron chi connectivity index (χ0n) is 9.24. The summed E-state index contributed by atoms with van der Waals surface area (Å²) in [6, 6.07) is 1.79. The lowest BCUT2D eigenvalue weighted by Crippen LogP contribution is -2.21. The Labute approximate surface area is 97.8 Å². The van der Waals surface area contributed by atoms with Gasteiger partial charge in [-0.2, -0.15) is 4.98 Å².